The molecule has 0 aliphatic rings. The molecule has 0 aliphatic carbocycles. The number of thiophene rings is 1. The fraction of sp³-hybridized carbons (Fsp3) is 0.214. The van der Waals surface area contributed by atoms with E-state index in [0.29, 0.717) is 4.88 Å². The summed E-state index contributed by atoms with van der Waals surface area (Å²) in [5.74, 6) is -0.352. The SMILES string of the molecule is Cc1cc(C)c(-c2ccsc2C(N)=O)c(C)c1. The number of carbonyl (C=O) groups is 1. The van der Waals surface area contributed by atoms with E-state index in [1.54, 1.807) is 0 Å². The number of nitrogens with two attached hydrogens (primary N) is 1. The predicted octanol–water partition coefficient (Wildman–Crippen LogP) is 3.44. The Morgan fingerprint density at radius 2 is 1.76 bits per heavy atom. The van der Waals surface area contributed by atoms with Crippen LogP contribution in [0.4, 0.5) is 0 Å². The Hall–Kier alpha value is -1.61. The zero-order valence-corrected chi connectivity index (χ0v) is 11.0. The van der Waals surface area contributed by atoms with E-state index in [1.807, 2.05) is 11.4 Å². The number of aryl methyl sites for hydroxylation is 3. The fourth-order valence-electron chi connectivity index (χ4n) is 2.30. The highest BCUT2D eigenvalue weighted by Gasteiger charge is 2.15. The molecule has 1 aromatic heterocycles. The summed E-state index contributed by atoms with van der Waals surface area (Å²) in [5, 5.41) is 1.91. The van der Waals surface area contributed by atoms with Crippen LogP contribution in [0.2, 0.25) is 0 Å². The van der Waals surface area contributed by atoms with Crippen LogP contribution in [0.5, 0.6) is 0 Å². The molecule has 0 atom stereocenters. The number of hydrogen-bond donors (Lipinski definition) is 1. The van der Waals surface area contributed by atoms with E-state index in [1.165, 1.54) is 28.0 Å². The standard InChI is InChI=1S/C14H15NOS/c1-8-6-9(2)12(10(3)7-8)11-4-5-17-13(11)14(15)16/h4-7H,1-3H3,(H2,15,16). The summed E-state index contributed by atoms with van der Waals surface area (Å²) in [6.07, 6.45) is 0. The third-order valence-electron chi connectivity index (χ3n) is 2.84. The molecule has 2 N–H and O–H groups in total. The first-order valence-corrected chi connectivity index (χ1v) is 6.34. The van der Waals surface area contributed by atoms with Crippen LogP contribution in [0.15, 0.2) is 23.6 Å². The van der Waals surface area contributed by atoms with Crippen LogP contribution in [0, 0.1) is 20.8 Å². The molecule has 17 heavy (non-hydrogen) atoms. The van der Waals surface area contributed by atoms with Gasteiger partial charge in [-0.2, -0.15) is 0 Å². The molecule has 1 amide bonds. The maximum atomic E-state index is 11.4. The van der Waals surface area contributed by atoms with Gasteiger partial charge in [-0.15, -0.1) is 11.3 Å². The molecule has 0 spiro atoms. The molecular formula is C14H15NOS. The molecule has 2 rings (SSSR count). The second kappa shape index (κ2) is 4.34. The topological polar surface area (TPSA) is 43.1 Å². The van der Waals surface area contributed by atoms with E-state index in [0.717, 1.165) is 11.1 Å². The molecule has 1 aromatic carbocycles. The monoisotopic (exact) mass is 245 g/mol. The average Bonchev–Trinajstić information content (AvgIpc) is 2.64. The van der Waals surface area contributed by atoms with Crippen LogP contribution in [0.3, 0.4) is 0 Å². The highest BCUT2D eigenvalue weighted by Crippen LogP contribution is 2.33. The average molecular weight is 245 g/mol. The highest BCUT2D eigenvalue weighted by atomic mass is 32.1. The van der Waals surface area contributed by atoms with Gasteiger partial charge in [0.2, 0.25) is 0 Å². The van der Waals surface area contributed by atoms with Gasteiger partial charge in [-0.3, -0.25) is 4.79 Å². The molecule has 88 valence electrons. The van der Waals surface area contributed by atoms with Crippen molar-refractivity contribution in [1.82, 2.24) is 0 Å². The Morgan fingerprint density at radius 3 is 2.29 bits per heavy atom. The van der Waals surface area contributed by atoms with Crippen molar-refractivity contribution < 1.29 is 4.79 Å². The Kier molecular flexibility index (Phi) is 3.03. The van der Waals surface area contributed by atoms with Crippen molar-refractivity contribution in [2.45, 2.75) is 20.8 Å². The molecule has 0 unspecified atom stereocenters. The maximum absolute atomic E-state index is 11.4. The molecule has 0 aliphatic heterocycles. The van der Waals surface area contributed by atoms with Crippen molar-refractivity contribution in [3.8, 4) is 11.1 Å². The highest BCUT2D eigenvalue weighted by molar-refractivity contribution is 7.12. The lowest BCUT2D eigenvalue weighted by Gasteiger charge is -2.11. The van der Waals surface area contributed by atoms with Gasteiger partial charge >= 0.3 is 0 Å². The zero-order valence-electron chi connectivity index (χ0n) is 10.2. The number of benzene rings is 1. The van der Waals surface area contributed by atoms with Gasteiger partial charge in [0.1, 0.15) is 0 Å². The van der Waals surface area contributed by atoms with Crippen molar-refractivity contribution in [2.75, 3.05) is 0 Å². The van der Waals surface area contributed by atoms with Crippen molar-refractivity contribution in [2.24, 2.45) is 5.73 Å². The molecule has 3 heteroatoms. The number of hydrogen-bond acceptors (Lipinski definition) is 2. The second-order valence-electron chi connectivity index (χ2n) is 4.30. The summed E-state index contributed by atoms with van der Waals surface area (Å²) < 4.78 is 0. The lowest BCUT2D eigenvalue weighted by Crippen LogP contribution is -2.10. The number of carbonyl (C=O) groups excluding carboxylic acids is 1. The van der Waals surface area contributed by atoms with Gasteiger partial charge in [0.15, 0.2) is 0 Å². The first-order chi connectivity index (χ1) is 8.00. The van der Waals surface area contributed by atoms with Crippen molar-refractivity contribution >= 4 is 17.2 Å². The summed E-state index contributed by atoms with van der Waals surface area (Å²) in [4.78, 5) is 12.0. The summed E-state index contributed by atoms with van der Waals surface area (Å²) in [6.45, 7) is 6.21. The fourth-order valence-corrected chi connectivity index (χ4v) is 3.06. The van der Waals surface area contributed by atoms with Crippen LogP contribution >= 0.6 is 11.3 Å². The van der Waals surface area contributed by atoms with E-state index < -0.39 is 0 Å². The number of amides is 1. The van der Waals surface area contributed by atoms with E-state index in [9.17, 15) is 4.79 Å². The summed E-state index contributed by atoms with van der Waals surface area (Å²) in [5.41, 5.74) is 11.1. The van der Waals surface area contributed by atoms with Gasteiger partial charge in [0.05, 0.1) is 4.88 Å². The molecule has 0 saturated heterocycles. The predicted molar refractivity (Wildman–Crippen MR) is 72.5 cm³/mol. The molecule has 0 saturated carbocycles. The number of primary amides is 1. The lowest BCUT2D eigenvalue weighted by molar-refractivity contribution is 0.100. The summed E-state index contributed by atoms with van der Waals surface area (Å²) in [7, 11) is 0. The number of rotatable bonds is 2. The Labute approximate surface area is 105 Å². The van der Waals surface area contributed by atoms with Crippen LogP contribution in [0.1, 0.15) is 26.4 Å². The van der Waals surface area contributed by atoms with Gasteiger partial charge in [-0.1, -0.05) is 17.7 Å². The van der Waals surface area contributed by atoms with E-state index in [-0.39, 0.29) is 5.91 Å². The first-order valence-electron chi connectivity index (χ1n) is 5.46. The Bertz CT molecular complexity index is 561. The smallest absolute Gasteiger partial charge is 0.259 e. The first kappa shape index (κ1) is 11.9. The molecule has 2 nitrogen and oxygen atoms in total. The van der Waals surface area contributed by atoms with E-state index in [2.05, 4.69) is 32.9 Å². The summed E-state index contributed by atoms with van der Waals surface area (Å²) >= 11 is 1.40. The maximum Gasteiger partial charge on any atom is 0.259 e. The molecule has 2 aromatic rings. The minimum absolute atomic E-state index is 0.352. The zero-order chi connectivity index (χ0) is 12.6. The quantitative estimate of drug-likeness (QED) is 0.865. The molecule has 0 fully saturated rings. The third kappa shape index (κ3) is 2.11. The Morgan fingerprint density at radius 1 is 1.18 bits per heavy atom. The van der Waals surface area contributed by atoms with E-state index >= 15 is 0 Å². The van der Waals surface area contributed by atoms with Crippen LogP contribution in [-0.2, 0) is 0 Å². The lowest BCUT2D eigenvalue weighted by atomic mass is 9.94. The van der Waals surface area contributed by atoms with Crippen molar-refractivity contribution in [3.05, 3.63) is 45.1 Å². The van der Waals surface area contributed by atoms with Crippen LogP contribution in [0.25, 0.3) is 11.1 Å². The third-order valence-corrected chi connectivity index (χ3v) is 3.76. The van der Waals surface area contributed by atoms with Crippen LogP contribution in [-0.4, -0.2) is 5.91 Å². The summed E-state index contributed by atoms with van der Waals surface area (Å²) in [6, 6.07) is 6.23. The minimum Gasteiger partial charge on any atom is -0.365 e. The van der Waals surface area contributed by atoms with Gasteiger partial charge in [-0.25, -0.2) is 0 Å². The van der Waals surface area contributed by atoms with Gasteiger partial charge in [-0.05, 0) is 48.9 Å². The van der Waals surface area contributed by atoms with Gasteiger partial charge in [0.25, 0.3) is 5.91 Å². The molecule has 0 radical (unpaired) electrons. The van der Waals surface area contributed by atoms with Gasteiger partial charge in [0, 0.05) is 5.56 Å². The molecule has 0 bridgehead atoms. The minimum atomic E-state index is -0.352. The van der Waals surface area contributed by atoms with Gasteiger partial charge < -0.3 is 5.73 Å². The van der Waals surface area contributed by atoms with Crippen molar-refractivity contribution in [3.63, 3.8) is 0 Å². The van der Waals surface area contributed by atoms with Crippen LogP contribution < -0.4 is 5.73 Å². The second-order valence-corrected chi connectivity index (χ2v) is 5.22. The van der Waals surface area contributed by atoms with Crippen molar-refractivity contribution in [1.29, 1.82) is 0 Å². The molecule has 1 heterocycles. The largest absolute Gasteiger partial charge is 0.365 e. The normalized spacial score (nSPS) is 10.5. The van der Waals surface area contributed by atoms with E-state index in [4.69, 9.17) is 5.73 Å². The molecular weight excluding hydrogens is 230 g/mol. The Balaban J connectivity index is 2.69.